The zero-order valence-electron chi connectivity index (χ0n) is 3.39. The van der Waals surface area contributed by atoms with E-state index >= 15 is 0 Å². The van der Waals surface area contributed by atoms with Gasteiger partial charge in [-0.15, -0.1) is 0 Å². The van der Waals surface area contributed by atoms with E-state index in [0.29, 0.717) is 10.5 Å². The van der Waals surface area contributed by atoms with E-state index in [-0.39, 0.29) is 0 Å². The van der Waals surface area contributed by atoms with E-state index in [1.165, 1.54) is 11.5 Å². The molecule has 0 atom stereocenters. The van der Waals surface area contributed by atoms with Crippen LogP contribution in [0.15, 0.2) is 0 Å². The molecule has 0 radical (unpaired) electrons. The molecule has 0 N–H and O–H groups in total. The quantitative estimate of drug-likeness (QED) is 0.366. The topological polar surface area (TPSA) is 0 Å². The van der Waals surface area contributed by atoms with E-state index in [2.05, 4.69) is 17.6 Å². The lowest BCUT2D eigenvalue weighted by atomic mass is 11.0. The number of rotatable bonds is 1. The molecule has 0 aromatic heterocycles. The van der Waals surface area contributed by atoms with Gasteiger partial charge in [-0.05, 0) is 16.9 Å². The zero-order valence-corrected chi connectivity index (χ0v) is 5.02. The van der Waals surface area contributed by atoms with Crippen molar-refractivity contribution in [2.24, 2.45) is 0 Å². The van der Waals surface area contributed by atoms with Gasteiger partial charge < -0.3 is 0 Å². The van der Waals surface area contributed by atoms with Crippen LogP contribution in [0.25, 0.3) is 0 Å². The maximum absolute atomic E-state index is 4.59. The minimum absolute atomic E-state index is 0.650. The van der Waals surface area contributed by atoms with E-state index in [0.717, 1.165) is 0 Å². The van der Waals surface area contributed by atoms with Crippen molar-refractivity contribution in [3.05, 3.63) is 0 Å². The second kappa shape index (κ2) is 1.85. The first-order chi connectivity index (χ1) is 2.93. The van der Waals surface area contributed by atoms with Crippen molar-refractivity contribution in [3.8, 4) is 0 Å². The van der Waals surface area contributed by atoms with Gasteiger partial charge in [-0.1, -0.05) is 12.2 Å². The summed E-state index contributed by atoms with van der Waals surface area (Å²) in [5.74, 6) is 2.79. The van der Waals surface area contributed by atoms with Gasteiger partial charge in [0.05, 0.1) is 0 Å². The first kappa shape index (κ1) is 4.47. The molecular formula is C4H6S2. The highest BCUT2D eigenvalue weighted by Gasteiger charge is 2.05. The van der Waals surface area contributed by atoms with Crippen LogP contribution in [0.3, 0.4) is 0 Å². The molecular weight excluding hydrogens is 112 g/mol. The monoisotopic (exact) mass is 118 g/mol. The molecule has 1 saturated heterocycles. The maximum atomic E-state index is 4.59. The lowest BCUT2D eigenvalue weighted by molar-refractivity contribution is 1.75. The SMILES string of the molecule is S=CC=S1CC1. The Bertz CT molecular complexity index is 87.7. The van der Waals surface area contributed by atoms with Gasteiger partial charge in [-0.3, -0.25) is 0 Å². The zero-order chi connectivity index (χ0) is 4.41. The Balaban J connectivity index is 2.42. The summed E-state index contributed by atoms with van der Waals surface area (Å²) < 4.78 is 0. The average molecular weight is 118 g/mol. The Hall–Kier alpha value is 0.310. The first-order valence-corrected chi connectivity index (χ1v) is 3.98. The molecule has 1 fully saturated rings. The lowest BCUT2D eigenvalue weighted by Crippen LogP contribution is -1.57. The van der Waals surface area contributed by atoms with Gasteiger partial charge in [0.2, 0.25) is 0 Å². The van der Waals surface area contributed by atoms with Crippen molar-refractivity contribution < 1.29 is 0 Å². The van der Waals surface area contributed by atoms with Crippen molar-refractivity contribution in [2.75, 3.05) is 11.5 Å². The van der Waals surface area contributed by atoms with Crippen LogP contribution < -0.4 is 0 Å². The third kappa shape index (κ3) is 1.19. The fourth-order valence-electron chi connectivity index (χ4n) is 0.263. The van der Waals surface area contributed by atoms with Crippen LogP contribution in [0.5, 0.6) is 0 Å². The molecule has 1 aliphatic rings. The number of thiocarbonyl (C=S) groups is 1. The smallest absolute Gasteiger partial charge is 0.00686 e. The van der Waals surface area contributed by atoms with E-state index in [9.17, 15) is 0 Å². The van der Waals surface area contributed by atoms with Crippen LogP contribution in [-0.2, 0) is 0 Å². The molecule has 2 heteroatoms. The van der Waals surface area contributed by atoms with Gasteiger partial charge in [0, 0.05) is 5.37 Å². The Kier molecular flexibility index (Phi) is 1.37. The highest BCUT2D eigenvalue weighted by atomic mass is 32.2. The Morgan fingerprint density at radius 3 is 2.33 bits per heavy atom. The van der Waals surface area contributed by atoms with Gasteiger partial charge in [0.15, 0.2) is 0 Å². The molecule has 0 saturated carbocycles. The van der Waals surface area contributed by atoms with Gasteiger partial charge >= 0.3 is 0 Å². The summed E-state index contributed by atoms with van der Waals surface area (Å²) in [4.78, 5) is 0. The van der Waals surface area contributed by atoms with Gasteiger partial charge in [0.25, 0.3) is 0 Å². The molecule has 34 valence electrons. The van der Waals surface area contributed by atoms with Crippen LogP contribution in [-0.4, -0.2) is 22.2 Å². The van der Waals surface area contributed by atoms with Crippen molar-refractivity contribution >= 4 is 33.4 Å². The lowest BCUT2D eigenvalue weighted by Gasteiger charge is -1.59. The highest BCUT2D eigenvalue weighted by Crippen LogP contribution is 2.26. The van der Waals surface area contributed by atoms with E-state index in [1.54, 1.807) is 5.37 Å². The molecule has 0 aromatic rings. The fourth-order valence-corrected chi connectivity index (χ4v) is 1.55. The molecule has 0 unspecified atom stereocenters. The van der Waals surface area contributed by atoms with E-state index in [1.807, 2.05) is 0 Å². The summed E-state index contributed by atoms with van der Waals surface area (Å²) in [5.41, 5.74) is 0. The molecule has 0 nitrogen and oxygen atoms in total. The van der Waals surface area contributed by atoms with Gasteiger partial charge in [-0.2, -0.15) is 10.5 Å². The summed E-state index contributed by atoms with van der Waals surface area (Å²) >= 11 is 4.59. The van der Waals surface area contributed by atoms with Crippen molar-refractivity contribution in [1.29, 1.82) is 0 Å². The standard InChI is InChI=1S/C4H6S2/c5-1-2-6-3-4-6/h1-2H,3-4H2. The van der Waals surface area contributed by atoms with Crippen LogP contribution in [0, 0.1) is 0 Å². The maximum Gasteiger partial charge on any atom is 0.00686 e. The minimum atomic E-state index is 0.650. The van der Waals surface area contributed by atoms with E-state index < -0.39 is 0 Å². The predicted molar refractivity (Wildman–Crippen MR) is 37.0 cm³/mol. The molecule has 1 heterocycles. The minimum Gasteiger partial charge on any atom is -0.183 e. The molecule has 6 heavy (non-hydrogen) atoms. The highest BCUT2D eigenvalue weighted by molar-refractivity contribution is 8.22. The largest absolute Gasteiger partial charge is 0.183 e. The fraction of sp³-hybridized carbons (Fsp3) is 0.500. The molecule has 0 aromatic carbocycles. The molecule has 0 bridgehead atoms. The average Bonchev–Trinajstić information content (AvgIpc) is 2.21. The molecule has 0 aliphatic carbocycles. The normalized spacial score (nSPS) is 20.0. The van der Waals surface area contributed by atoms with Crippen molar-refractivity contribution in [2.45, 2.75) is 0 Å². The third-order valence-corrected chi connectivity index (χ3v) is 2.40. The Morgan fingerprint density at radius 2 is 2.17 bits per heavy atom. The van der Waals surface area contributed by atoms with Crippen LogP contribution in [0.1, 0.15) is 0 Å². The number of hydrogen-bond acceptors (Lipinski definition) is 1. The van der Waals surface area contributed by atoms with Crippen molar-refractivity contribution in [1.82, 2.24) is 0 Å². The molecule has 0 amide bonds. The van der Waals surface area contributed by atoms with Crippen molar-refractivity contribution in [3.63, 3.8) is 0 Å². The molecule has 1 aliphatic heterocycles. The molecule has 1 rings (SSSR count). The Morgan fingerprint density at radius 1 is 1.50 bits per heavy atom. The predicted octanol–water partition coefficient (Wildman–Crippen LogP) is 1.07. The van der Waals surface area contributed by atoms with Gasteiger partial charge in [-0.25, -0.2) is 0 Å². The molecule has 0 spiro atoms. The van der Waals surface area contributed by atoms with Crippen LogP contribution in [0.2, 0.25) is 0 Å². The second-order valence-electron chi connectivity index (χ2n) is 1.22. The van der Waals surface area contributed by atoms with Gasteiger partial charge in [0.1, 0.15) is 0 Å². The van der Waals surface area contributed by atoms with Crippen LogP contribution >= 0.6 is 22.7 Å². The summed E-state index contributed by atoms with van der Waals surface area (Å²) in [6.07, 6.45) is 0. The Labute approximate surface area is 45.5 Å². The summed E-state index contributed by atoms with van der Waals surface area (Å²) in [6.45, 7) is 0. The first-order valence-electron chi connectivity index (χ1n) is 1.88. The second-order valence-corrected chi connectivity index (χ2v) is 3.65. The summed E-state index contributed by atoms with van der Waals surface area (Å²) in [5, 5.41) is 3.85. The summed E-state index contributed by atoms with van der Waals surface area (Å²) in [6, 6.07) is 0. The van der Waals surface area contributed by atoms with E-state index in [4.69, 9.17) is 0 Å². The van der Waals surface area contributed by atoms with Crippen LogP contribution in [0.4, 0.5) is 0 Å². The third-order valence-electron chi connectivity index (χ3n) is 0.688. The summed E-state index contributed by atoms with van der Waals surface area (Å²) in [7, 11) is 0.650. The number of hydrogen-bond donors (Lipinski definition) is 0.